The number of rotatable bonds is 1. The molecular weight excluding hydrogens is 162 g/mol. The molecule has 1 saturated carbocycles. The van der Waals surface area contributed by atoms with Crippen LogP contribution in [0.15, 0.2) is 0 Å². The van der Waals surface area contributed by atoms with Gasteiger partial charge in [0.15, 0.2) is 0 Å². The molecule has 11 heavy (non-hydrogen) atoms. The number of halogens is 1. The summed E-state index contributed by atoms with van der Waals surface area (Å²) < 4.78 is 0. The maximum atomic E-state index is 9.82. The third kappa shape index (κ3) is 2.62. The zero-order valence-electron chi connectivity index (χ0n) is 7.05. The van der Waals surface area contributed by atoms with Gasteiger partial charge in [-0.25, -0.2) is 0 Å². The van der Waals surface area contributed by atoms with Gasteiger partial charge in [0.05, 0.1) is 5.60 Å². The van der Waals surface area contributed by atoms with Gasteiger partial charge in [0.2, 0.25) is 0 Å². The fourth-order valence-corrected chi connectivity index (χ4v) is 1.62. The van der Waals surface area contributed by atoms with Crippen LogP contribution in [0.1, 0.15) is 39.0 Å². The fourth-order valence-electron chi connectivity index (χ4n) is 1.62. The van der Waals surface area contributed by atoms with Gasteiger partial charge in [-0.3, -0.25) is 0 Å². The number of hydrogen-bond acceptors (Lipinski definition) is 2. The lowest BCUT2D eigenvalue weighted by Crippen LogP contribution is -2.47. The molecule has 2 nitrogen and oxygen atoms in total. The maximum absolute atomic E-state index is 9.82. The van der Waals surface area contributed by atoms with E-state index in [4.69, 9.17) is 5.73 Å². The summed E-state index contributed by atoms with van der Waals surface area (Å²) in [6, 6.07) is -0.0622. The summed E-state index contributed by atoms with van der Waals surface area (Å²) in [5.74, 6) is 0. The minimum atomic E-state index is -0.543. The normalized spacial score (nSPS) is 25.4. The number of hydrogen-bond donors (Lipinski definition) is 2. The maximum Gasteiger partial charge on any atom is 0.0795 e. The Bertz CT molecular complexity index is 111. The summed E-state index contributed by atoms with van der Waals surface area (Å²) in [5, 5.41) is 9.82. The molecule has 1 atom stereocenters. The van der Waals surface area contributed by atoms with Crippen molar-refractivity contribution in [2.75, 3.05) is 0 Å². The highest BCUT2D eigenvalue weighted by Gasteiger charge is 2.32. The molecule has 3 heteroatoms. The van der Waals surface area contributed by atoms with Gasteiger partial charge in [-0.2, -0.15) is 0 Å². The lowest BCUT2D eigenvalue weighted by Gasteiger charge is -2.35. The summed E-state index contributed by atoms with van der Waals surface area (Å²) >= 11 is 0. The van der Waals surface area contributed by atoms with Crippen LogP contribution in [0.25, 0.3) is 0 Å². The standard InChI is InChI=1S/C8H17NO.ClH/c1-7(9)8(10)5-3-2-4-6-8;/h7,10H,2-6,9H2,1H3;1H. The monoisotopic (exact) mass is 179 g/mol. The Hall–Kier alpha value is 0.210. The van der Waals surface area contributed by atoms with Crippen LogP contribution in [-0.2, 0) is 0 Å². The highest BCUT2D eigenvalue weighted by molar-refractivity contribution is 5.85. The smallest absolute Gasteiger partial charge is 0.0795 e. The van der Waals surface area contributed by atoms with Crippen LogP contribution in [-0.4, -0.2) is 16.7 Å². The summed E-state index contributed by atoms with van der Waals surface area (Å²) in [7, 11) is 0. The van der Waals surface area contributed by atoms with E-state index in [-0.39, 0.29) is 18.4 Å². The molecule has 1 aliphatic rings. The Balaban J connectivity index is 0.000001000. The van der Waals surface area contributed by atoms with Crippen molar-refractivity contribution in [1.29, 1.82) is 0 Å². The summed E-state index contributed by atoms with van der Waals surface area (Å²) in [6.07, 6.45) is 5.32. The Morgan fingerprint density at radius 1 is 1.27 bits per heavy atom. The van der Waals surface area contributed by atoms with Crippen molar-refractivity contribution in [3.8, 4) is 0 Å². The minimum absolute atomic E-state index is 0. The first-order valence-electron chi connectivity index (χ1n) is 4.13. The highest BCUT2D eigenvalue weighted by atomic mass is 35.5. The van der Waals surface area contributed by atoms with Gasteiger partial charge < -0.3 is 10.8 Å². The average Bonchev–Trinajstić information content (AvgIpc) is 1.89. The lowest BCUT2D eigenvalue weighted by molar-refractivity contribution is -0.0144. The topological polar surface area (TPSA) is 46.2 Å². The van der Waals surface area contributed by atoms with E-state index >= 15 is 0 Å². The summed E-state index contributed by atoms with van der Waals surface area (Å²) in [6.45, 7) is 1.89. The minimum Gasteiger partial charge on any atom is -0.388 e. The average molecular weight is 180 g/mol. The molecule has 0 saturated heterocycles. The van der Waals surface area contributed by atoms with E-state index in [1.807, 2.05) is 6.92 Å². The molecule has 1 aliphatic carbocycles. The second kappa shape index (κ2) is 4.29. The van der Waals surface area contributed by atoms with Crippen molar-refractivity contribution in [2.24, 2.45) is 5.73 Å². The van der Waals surface area contributed by atoms with Gasteiger partial charge in [-0.15, -0.1) is 12.4 Å². The van der Waals surface area contributed by atoms with Crippen molar-refractivity contribution in [2.45, 2.75) is 50.7 Å². The first-order chi connectivity index (χ1) is 4.65. The van der Waals surface area contributed by atoms with E-state index in [9.17, 15) is 5.11 Å². The molecule has 0 aromatic rings. The Kier molecular flexibility index (Phi) is 4.37. The van der Waals surface area contributed by atoms with E-state index in [1.54, 1.807) is 0 Å². The number of aliphatic hydroxyl groups is 1. The van der Waals surface area contributed by atoms with Gasteiger partial charge in [-0.1, -0.05) is 19.3 Å². The van der Waals surface area contributed by atoms with E-state index in [1.165, 1.54) is 6.42 Å². The van der Waals surface area contributed by atoms with Gasteiger partial charge in [0, 0.05) is 6.04 Å². The molecule has 68 valence electrons. The van der Waals surface area contributed by atoms with E-state index in [2.05, 4.69) is 0 Å². The first kappa shape index (κ1) is 11.2. The van der Waals surface area contributed by atoms with Gasteiger partial charge >= 0.3 is 0 Å². The van der Waals surface area contributed by atoms with Crippen LogP contribution in [0.4, 0.5) is 0 Å². The Morgan fingerprint density at radius 2 is 1.73 bits per heavy atom. The van der Waals surface area contributed by atoms with Crippen LogP contribution in [0, 0.1) is 0 Å². The van der Waals surface area contributed by atoms with E-state index in [0.29, 0.717) is 0 Å². The van der Waals surface area contributed by atoms with Crippen molar-refractivity contribution in [3.05, 3.63) is 0 Å². The fraction of sp³-hybridized carbons (Fsp3) is 1.00. The summed E-state index contributed by atoms with van der Waals surface area (Å²) in [5.41, 5.74) is 5.11. The SMILES string of the molecule is CC(N)C1(O)CCCCC1.Cl. The second-order valence-electron chi connectivity index (χ2n) is 3.45. The predicted octanol–water partition coefficient (Wildman–Crippen LogP) is 1.45. The van der Waals surface area contributed by atoms with Crippen molar-refractivity contribution in [3.63, 3.8) is 0 Å². The van der Waals surface area contributed by atoms with Gasteiger partial charge in [0.25, 0.3) is 0 Å². The molecule has 0 aromatic heterocycles. The molecule has 1 unspecified atom stereocenters. The predicted molar refractivity (Wildman–Crippen MR) is 48.9 cm³/mol. The lowest BCUT2D eigenvalue weighted by atomic mass is 9.80. The summed E-state index contributed by atoms with van der Waals surface area (Å²) in [4.78, 5) is 0. The van der Waals surface area contributed by atoms with Crippen LogP contribution in [0.2, 0.25) is 0 Å². The number of nitrogens with two attached hydrogens (primary N) is 1. The molecule has 3 N–H and O–H groups in total. The molecule has 0 aromatic carbocycles. The third-order valence-electron chi connectivity index (χ3n) is 2.57. The molecule has 0 aliphatic heterocycles. The van der Waals surface area contributed by atoms with Crippen LogP contribution < -0.4 is 5.73 Å². The molecule has 0 heterocycles. The molecule has 1 fully saturated rings. The zero-order chi connectivity index (χ0) is 7.61. The molecule has 0 spiro atoms. The molecule has 0 radical (unpaired) electrons. The first-order valence-corrected chi connectivity index (χ1v) is 4.13. The Labute approximate surface area is 74.6 Å². The quantitative estimate of drug-likeness (QED) is 0.640. The van der Waals surface area contributed by atoms with Gasteiger partial charge in [-0.05, 0) is 19.8 Å². The van der Waals surface area contributed by atoms with Crippen LogP contribution in [0.5, 0.6) is 0 Å². The van der Waals surface area contributed by atoms with E-state index in [0.717, 1.165) is 25.7 Å². The van der Waals surface area contributed by atoms with Crippen LogP contribution in [0.3, 0.4) is 0 Å². The van der Waals surface area contributed by atoms with Crippen molar-refractivity contribution >= 4 is 12.4 Å². The van der Waals surface area contributed by atoms with Gasteiger partial charge in [0.1, 0.15) is 0 Å². The molecule has 0 bridgehead atoms. The third-order valence-corrected chi connectivity index (χ3v) is 2.57. The van der Waals surface area contributed by atoms with E-state index < -0.39 is 5.60 Å². The largest absolute Gasteiger partial charge is 0.388 e. The zero-order valence-corrected chi connectivity index (χ0v) is 7.86. The van der Waals surface area contributed by atoms with Crippen molar-refractivity contribution in [1.82, 2.24) is 0 Å². The molecule has 0 amide bonds. The van der Waals surface area contributed by atoms with Crippen LogP contribution >= 0.6 is 12.4 Å². The molecule has 1 rings (SSSR count). The van der Waals surface area contributed by atoms with Crippen molar-refractivity contribution < 1.29 is 5.11 Å². The highest BCUT2D eigenvalue weighted by Crippen LogP contribution is 2.29. The second-order valence-corrected chi connectivity index (χ2v) is 3.45. The Morgan fingerprint density at radius 3 is 2.00 bits per heavy atom. The molecular formula is C8H18ClNO.